The van der Waals surface area contributed by atoms with Crippen LogP contribution in [0.3, 0.4) is 0 Å². The summed E-state index contributed by atoms with van der Waals surface area (Å²) in [7, 11) is 1.72. The normalized spacial score (nSPS) is 12.2. The summed E-state index contributed by atoms with van der Waals surface area (Å²) in [4.78, 5) is 15.7. The van der Waals surface area contributed by atoms with Crippen LogP contribution in [0.2, 0.25) is 0 Å². The summed E-state index contributed by atoms with van der Waals surface area (Å²) in [6.45, 7) is 5.30. The Bertz CT molecular complexity index is 407. The van der Waals surface area contributed by atoms with Crippen molar-refractivity contribution in [3.8, 4) is 0 Å². The van der Waals surface area contributed by atoms with E-state index in [1.807, 2.05) is 0 Å². The second-order valence-corrected chi connectivity index (χ2v) is 4.19. The van der Waals surface area contributed by atoms with Crippen molar-refractivity contribution in [3.05, 3.63) is 24.2 Å². The maximum Gasteiger partial charge on any atom is 0.287 e. The van der Waals surface area contributed by atoms with Crippen molar-refractivity contribution in [3.63, 3.8) is 0 Å². The minimum atomic E-state index is -0.211. The lowest BCUT2D eigenvalue weighted by atomic mass is 10.3. The van der Waals surface area contributed by atoms with E-state index in [1.54, 1.807) is 19.2 Å². The first-order chi connectivity index (χ1) is 9.17. The molecule has 6 nitrogen and oxygen atoms in total. The number of nitrogens with zero attached hydrogens (tertiary/aromatic N) is 1. The van der Waals surface area contributed by atoms with Gasteiger partial charge in [0.1, 0.15) is 0 Å². The third-order valence-electron chi connectivity index (χ3n) is 2.67. The number of amides is 1. The molecular formula is C13H23IN4O2. The van der Waals surface area contributed by atoms with Gasteiger partial charge in [-0.1, -0.05) is 6.92 Å². The molecule has 0 bridgehead atoms. The Kier molecular flexibility index (Phi) is 9.87. The molecule has 1 unspecified atom stereocenters. The van der Waals surface area contributed by atoms with E-state index in [9.17, 15) is 4.79 Å². The first-order valence-corrected chi connectivity index (χ1v) is 6.46. The highest BCUT2D eigenvalue weighted by atomic mass is 127. The van der Waals surface area contributed by atoms with E-state index in [1.165, 1.54) is 6.26 Å². The molecule has 0 aliphatic carbocycles. The third-order valence-corrected chi connectivity index (χ3v) is 2.67. The summed E-state index contributed by atoms with van der Waals surface area (Å²) in [5, 5.41) is 9.12. The largest absolute Gasteiger partial charge is 0.459 e. The van der Waals surface area contributed by atoms with Crippen molar-refractivity contribution in [2.75, 3.05) is 20.1 Å². The van der Waals surface area contributed by atoms with Crippen LogP contribution >= 0.6 is 24.0 Å². The SMILES string of the molecule is CCC(C)NC(=NC)NCCNC(=O)c1ccco1.I. The molecule has 3 N–H and O–H groups in total. The molecule has 7 heteroatoms. The number of furan rings is 1. The van der Waals surface area contributed by atoms with Crippen LogP contribution in [0.4, 0.5) is 0 Å². The summed E-state index contributed by atoms with van der Waals surface area (Å²) in [5.74, 6) is 0.848. The Morgan fingerprint density at radius 3 is 2.65 bits per heavy atom. The van der Waals surface area contributed by atoms with E-state index in [2.05, 4.69) is 34.8 Å². The van der Waals surface area contributed by atoms with Crippen LogP contribution in [0.15, 0.2) is 27.8 Å². The van der Waals surface area contributed by atoms with Crippen LogP contribution in [0.5, 0.6) is 0 Å². The Morgan fingerprint density at radius 1 is 1.40 bits per heavy atom. The molecule has 0 aliphatic heterocycles. The maximum absolute atomic E-state index is 11.6. The standard InChI is InChI=1S/C13H22N4O2.HI/c1-4-10(2)17-13(14-3)16-8-7-15-12(18)11-6-5-9-19-11;/h5-6,9-10H,4,7-8H2,1-3H3,(H,15,18)(H2,14,16,17);1H. The van der Waals surface area contributed by atoms with Crippen molar-refractivity contribution >= 4 is 35.8 Å². The number of carbonyl (C=O) groups excluding carboxylic acids is 1. The number of halogens is 1. The van der Waals surface area contributed by atoms with Gasteiger partial charge in [0.05, 0.1) is 6.26 Å². The van der Waals surface area contributed by atoms with Crippen molar-refractivity contribution in [1.29, 1.82) is 0 Å². The summed E-state index contributed by atoms with van der Waals surface area (Å²) >= 11 is 0. The van der Waals surface area contributed by atoms with Crippen molar-refractivity contribution < 1.29 is 9.21 Å². The summed E-state index contributed by atoms with van der Waals surface area (Å²) in [6.07, 6.45) is 2.50. The monoisotopic (exact) mass is 394 g/mol. The molecule has 0 aromatic carbocycles. The highest BCUT2D eigenvalue weighted by Gasteiger charge is 2.07. The van der Waals surface area contributed by atoms with Crippen LogP contribution in [0, 0.1) is 0 Å². The molecule has 0 spiro atoms. The van der Waals surface area contributed by atoms with E-state index in [4.69, 9.17) is 4.42 Å². The van der Waals surface area contributed by atoms with Crippen molar-refractivity contribution in [1.82, 2.24) is 16.0 Å². The van der Waals surface area contributed by atoms with Crippen molar-refractivity contribution in [2.24, 2.45) is 4.99 Å². The fourth-order valence-corrected chi connectivity index (χ4v) is 1.38. The Balaban J connectivity index is 0.00000361. The van der Waals surface area contributed by atoms with Gasteiger partial charge in [-0.2, -0.15) is 0 Å². The number of carbonyl (C=O) groups is 1. The summed E-state index contributed by atoms with van der Waals surface area (Å²) in [5.41, 5.74) is 0. The predicted octanol–water partition coefficient (Wildman–Crippen LogP) is 1.59. The molecular weight excluding hydrogens is 371 g/mol. The number of guanidine groups is 1. The molecule has 1 aromatic rings. The van der Waals surface area contributed by atoms with Gasteiger partial charge in [0, 0.05) is 26.2 Å². The molecule has 20 heavy (non-hydrogen) atoms. The van der Waals surface area contributed by atoms with Gasteiger partial charge in [-0.3, -0.25) is 9.79 Å². The minimum Gasteiger partial charge on any atom is -0.459 e. The number of aliphatic imine (C=N–C) groups is 1. The van der Waals surface area contributed by atoms with Crippen LogP contribution in [-0.2, 0) is 0 Å². The number of rotatable bonds is 6. The van der Waals surface area contributed by atoms with Gasteiger partial charge in [0.15, 0.2) is 11.7 Å². The molecule has 1 aromatic heterocycles. The minimum absolute atomic E-state index is 0. The first kappa shape index (κ1) is 18.8. The van der Waals surface area contributed by atoms with Gasteiger partial charge in [-0.05, 0) is 25.5 Å². The molecule has 0 saturated carbocycles. The van der Waals surface area contributed by atoms with Gasteiger partial charge in [-0.25, -0.2) is 0 Å². The van der Waals surface area contributed by atoms with Crippen molar-refractivity contribution in [2.45, 2.75) is 26.3 Å². The van der Waals surface area contributed by atoms with Gasteiger partial charge >= 0.3 is 0 Å². The van der Waals surface area contributed by atoms with E-state index in [0.717, 1.165) is 12.4 Å². The average molecular weight is 394 g/mol. The lowest BCUT2D eigenvalue weighted by Gasteiger charge is -2.16. The maximum atomic E-state index is 11.6. The van der Waals surface area contributed by atoms with Gasteiger partial charge in [-0.15, -0.1) is 24.0 Å². The predicted molar refractivity (Wildman–Crippen MR) is 90.7 cm³/mol. The number of nitrogens with one attached hydrogen (secondary N) is 3. The molecule has 1 atom stereocenters. The molecule has 0 radical (unpaired) electrons. The first-order valence-electron chi connectivity index (χ1n) is 6.46. The highest BCUT2D eigenvalue weighted by molar-refractivity contribution is 14.0. The fraction of sp³-hybridized carbons (Fsp3) is 0.538. The zero-order chi connectivity index (χ0) is 14.1. The second kappa shape index (κ2) is 10.5. The molecule has 1 amide bonds. The topological polar surface area (TPSA) is 78.7 Å². The average Bonchev–Trinajstić information content (AvgIpc) is 2.95. The second-order valence-electron chi connectivity index (χ2n) is 4.19. The molecule has 1 rings (SSSR count). The quantitative estimate of drug-likeness (QED) is 0.296. The van der Waals surface area contributed by atoms with E-state index in [-0.39, 0.29) is 29.9 Å². The van der Waals surface area contributed by atoms with Crippen LogP contribution < -0.4 is 16.0 Å². The third kappa shape index (κ3) is 6.78. The van der Waals surface area contributed by atoms with E-state index in [0.29, 0.717) is 24.9 Å². The highest BCUT2D eigenvalue weighted by Crippen LogP contribution is 1.98. The van der Waals surface area contributed by atoms with E-state index >= 15 is 0 Å². The molecule has 1 heterocycles. The Morgan fingerprint density at radius 2 is 2.10 bits per heavy atom. The molecule has 114 valence electrons. The molecule has 0 aliphatic rings. The molecule has 0 saturated heterocycles. The number of hydrogen-bond donors (Lipinski definition) is 3. The lowest BCUT2D eigenvalue weighted by Crippen LogP contribution is -2.44. The van der Waals surface area contributed by atoms with Gasteiger partial charge < -0.3 is 20.4 Å². The smallest absolute Gasteiger partial charge is 0.287 e. The Hall–Kier alpha value is -1.25. The number of hydrogen-bond acceptors (Lipinski definition) is 3. The summed E-state index contributed by atoms with van der Waals surface area (Å²) < 4.78 is 4.99. The zero-order valence-corrected chi connectivity index (χ0v) is 14.4. The van der Waals surface area contributed by atoms with Crippen LogP contribution in [-0.4, -0.2) is 38.0 Å². The zero-order valence-electron chi connectivity index (χ0n) is 12.1. The van der Waals surface area contributed by atoms with Crippen LogP contribution in [0.25, 0.3) is 0 Å². The van der Waals surface area contributed by atoms with E-state index < -0.39 is 0 Å². The van der Waals surface area contributed by atoms with Crippen LogP contribution in [0.1, 0.15) is 30.8 Å². The van der Waals surface area contributed by atoms with Gasteiger partial charge in [0.2, 0.25) is 0 Å². The Labute approximate surface area is 136 Å². The lowest BCUT2D eigenvalue weighted by molar-refractivity contribution is 0.0926. The molecule has 0 fully saturated rings. The van der Waals surface area contributed by atoms with Gasteiger partial charge in [0.25, 0.3) is 5.91 Å². The summed E-state index contributed by atoms with van der Waals surface area (Å²) in [6, 6.07) is 3.68. The fourth-order valence-electron chi connectivity index (χ4n) is 1.38.